The van der Waals surface area contributed by atoms with Gasteiger partial charge in [-0.05, 0) is 19.3 Å². The first kappa shape index (κ1) is 21.4. The number of hydrogen-bond donors (Lipinski definition) is 1. The van der Waals surface area contributed by atoms with E-state index >= 15 is 0 Å². The molecule has 118 valence electrons. The second kappa shape index (κ2) is 14.5. The van der Waals surface area contributed by atoms with E-state index in [2.05, 4.69) is 27.7 Å². The van der Waals surface area contributed by atoms with Crippen molar-refractivity contribution in [1.82, 2.24) is 6.15 Å². The molecule has 0 rings (SSSR count). The van der Waals surface area contributed by atoms with E-state index in [1.165, 1.54) is 0 Å². The zero-order valence-corrected chi connectivity index (χ0v) is 14.5. The summed E-state index contributed by atoms with van der Waals surface area (Å²) in [7, 11) is -2.38. The van der Waals surface area contributed by atoms with Crippen LogP contribution in [0.4, 0.5) is 0 Å². The molecule has 0 radical (unpaired) electrons. The molecule has 0 aromatic heterocycles. The summed E-state index contributed by atoms with van der Waals surface area (Å²) in [4.78, 5) is 0. The standard InChI is InChI=1S/C14H32O3Si.H3N/c1-5-9-12-15-18(8-4,16-13-10-6-2)17-14-11-7-3;/h5-14H2,1-4H3;1H3. The Morgan fingerprint density at radius 3 is 1.16 bits per heavy atom. The first-order valence-electron chi connectivity index (χ1n) is 7.66. The maximum Gasteiger partial charge on any atom is 0.500 e. The van der Waals surface area contributed by atoms with Crippen LogP contribution in [0.2, 0.25) is 6.04 Å². The summed E-state index contributed by atoms with van der Waals surface area (Å²) in [5.41, 5.74) is 0. The fraction of sp³-hybridized carbons (Fsp3) is 1.00. The predicted molar refractivity (Wildman–Crippen MR) is 83.8 cm³/mol. The average Bonchev–Trinajstić information content (AvgIpc) is 2.39. The minimum Gasteiger partial charge on any atom is -0.373 e. The van der Waals surface area contributed by atoms with E-state index < -0.39 is 8.80 Å². The van der Waals surface area contributed by atoms with E-state index in [-0.39, 0.29) is 6.15 Å². The maximum absolute atomic E-state index is 6.01. The summed E-state index contributed by atoms with van der Waals surface area (Å²) < 4.78 is 18.0. The number of rotatable bonds is 13. The molecule has 5 heteroatoms. The smallest absolute Gasteiger partial charge is 0.373 e. The second-order valence-corrected chi connectivity index (χ2v) is 7.58. The lowest BCUT2D eigenvalue weighted by atomic mass is 10.4. The van der Waals surface area contributed by atoms with E-state index in [0.29, 0.717) is 0 Å². The van der Waals surface area contributed by atoms with Gasteiger partial charge in [0.2, 0.25) is 0 Å². The van der Waals surface area contributed by atoms with Crippen LogP contribution in [0, 0.1) is 0 Å². The third kappa shape index (κ3) is 10.5. The summed E-state index contributed by atoms with van der Waals surface area (Å²) in [6, 6.07) is 0.879. The van der Waals surface area contributed by atoms with Crippen LogP contribution in [0.5, 0.6) is 0 Å². The Hall–Kier alpha value is 0.0569. The summed E-state index contributed by atoms with van der Waals surface area (Å²) in [5, 5.41) is 0. The SMILES string of the molecule is CCCCO[Si](CC)(OCCCC)OCCCC.N. The first-order valence-corrected chi connectivity index (χ1v) is 9.59. The third-order valence-corrected chi connectivity index (χ3v) is 5.69. The summed E-state index contributed by atoms with van der Waals surface area (Å²) >= 11 is 0. The average molecular weight is 294 g/mol. The van der Waals surface area contributed by atoms with Crippen molar-refractivity contribution in [2.24, 2.45) is 0 Å². The van der Waals surface area contributed by atoms with Crippen molar-refractivity contribution >= 4 is 8.80 Å². The molecule has 0 amide bonds. The molecular weight excluding hydrogens is 258 g/mol. The van der Waals surface area contributed by atoms with Crippen LogP contribution in [0.15, 0.2) is 0 Å². The molecule has 3 N–H and O–H groups in total. The van der Waals surface area contributed by atoms with Gasteiger partial charge in [-0.3, -0.25) is 0 Å². The van der Waals surface area contributed by atoms with Crippen LogP contribution in [0.25, 0.3) is 0 Å². The molecule has 0 saturated carbocycles. The Morgan fingerprint density at radius 2 is 0.947 bits per heavy atom. The predicted octanol–water partition coefficient (Wildman–Crippen LogP) is 4.56. The van der Waals surface area contributed by atoms with Gasteiger partial charge in [0.25, 0.3) is 0 Å². The monoisotopic (exact) mass is 293 g/mol. The van der Waals surface area contributed by atoms with Crippen molar-refractivity contribution < 1.29 is 13.3 Å². The van der Waals surface area contributed by atoms with Crippen molar-refractivity contribution in [3.8, 4) is 0 Å². The lowest BCUT2D eigenvalue weighted by Gasteiger charge is -2.28. The molecule has 0 saturated heterocycles. The van der Waals surface area contributed by atoms with Crippen LogP contribution in [-0.2, 0) is 13.3 Å². The second-order valence-electron chi connectivity index (χ2n) is 4.64. The summed E-state index contributed by atoms with van der Waals surface area (Å²) in [5.74, 6) is 0. The van der Waals surface area contributed by atoms with E-state index in [1.807, 2.05) is 0 Å². The van der Waals surface area contributed by atoms with E-state index in [9.17, 15) is 0 Å². The van der Waals surface area contributed by atoms with Crippen molar-refractivity contribution in [2.75, 3.05) is 19.8 Å². The molecule has 0 unspecified atom stereocenters. The van der Waals surface area contributed by atoms with Crippen LogP contribution in [-0.4, -0.2) is 28.6 Å². The zero-order valence-electron chi connectivity index (χ0n) is 13.5. The van der Waals surface area contributed by atoms with Gasteiger partial charge in [-0.15, -0.1) is 0 Å². The van der Waals surface area contributed by atoms with E-state index in [0.717, 1.165) is 64.4 Å². The quantitative estimate of drug-likeness (QED) is 0.399. The molecule has 4 nitrogen and oxygen atoms in total. The van der Waals surface area contributed by atoms with Crippen LogP contribution >= 0.6 is 0 Å². The van der Waals surface area contributed by atoms with Gasteiger partial charge in [0.15, 0.2) is 0 Å². The molecule has 0 aromatic carbocycles. The molecule has 0 aromatic rings. The minimum atomic E-state index is -2.38. The van der Waals surface area contributed by atoms with Crippen LogP contribution in [0.1, 0.15) is 66.2 Å². The highest BCUT2D eigenvalue weighted by Gasteiger charge is 2.38. The number of hydrogen-bond acceptors (Lipinski definition) is 4. The van der Waals surface area contributed by atoms with Gasteiger partial charge >= 0.3 is 8.80 Å². The van der Waals surface area contributed by atoms with Gasteiger partial charge in [-0.1, -0.05) is 47.0 Å². The molecule has 0 fully saturated rings. The molecule has 0 spiro atoms. The number of unbranched alkanes of at least 4 members (excludes halogenated alkanes) is 3. The van der Waals surface area contributed by atoms with Crippen molar-refractivity contribution in [3.63, 3.8) is 0 Å². The summed E-state index contributed by atoms with van der Waals surface area (Å²) in [6.07, 6.45) is 6.71. The van der Waals surface area contributed by atoms with Gasteiger partial charge in [-0.25, -0.2) is 0 Å². The lowest BCUT2D eigenvalue weighted by molar-refractivity contribution is 0.0574. The Labute approximate surface area is 121 Å². The minimum absolute atomic E-state index is 0. The van der Waals surface area contributed by atoms with Gasteiger partial charge < -0.3 is 19.4 Å². The molecule has 19 heavy (non-hydrogen) atoms. The first-order chi connectivity index (χ1) is 8.74. The fourth-order valence-electron chi connectivity index (χ4n) is 1.55. The van der Waals surface area contributed by atoms with E-state index in [4.69, 9.17) is 13.3 Å². The fourth-order valence-corrected chi connectivity index (χ4v) is 3.78. The van der Waals surface area contributed by atoms with Crippen molar-refractivity contribution in [2.45, 2.75) is 72.3 Å². The van der Waals surface area contributed by atoms with Crippen LogP contribution < -0.4 is 6.15 Å². The molecule has 0 heterocycles. The zero-order chi connectivity index (χ0) is 13.7. The molecule has 0 aliphatic rings. The topological polar surface area (TPSA) is 62.7 Å². The molecule has 0 atom stereocenters. The maximum atomic E-state index is 6.01. The van der Waals surface area contributed by atoms with E-state index in [1.54, 1.807) is 0 Å². The Morgan fingerprint density at radius 1 is 0.632 bits per heavy atom. The third-order valence-electron chi connectivity index (χ3n) is 2.89. The van der Waals surface area contributed by atoms with Gasteiger partial charge in [0.05, 0.1) is 0 Å². The Balaban J connectivity index is 0. The van der Waals surface area contributed by atoms with Crippen molar-refractivity contribution in [1.29, 1.82) is 0 Å². The Kier molecular flexibility index (Phi) is 16.3. The molecular formula is C14H35NO3Si. The highest BCUT2D eigenvalue weighted by atomic mass is 28.4. The molecule has 0 aliphatic carbocycles. The normalized spacial score (nSPS) is 11.4. The highest BCUT2D eigenvalue weighted by Crippen LogP contribution is 2.17. The van der Waals surface area contributed by atoms with Crippen molar-refractivity contribution in [3.05, 3.63) is 0 Å². The van der Waals surface area contributed by atoms with Gasteiger partial charge in [0, 0.05) is 25.9 Å². The van der Waals surface area contributed by atoms with Gasteiger partial charge in [0.1, 0.15) is 0 Å². The Bertz CT molecular complexity index is 156. The summed E-state index contributed by atoms with van der Waals surface area (Å²) in [6.45, 7) is 11.0. The highest BCUT2D eigenvalue weighted by molar-refractivity contribution is 6.60. The molecule has 0 bridgehead atoms. The van der Waals surface area contributed by atoms with Crippen LogP contribution in [0.3, 0.4) is 0 Å². The molecule has 0 aliphatic heterocycles. The largest absolute Gasteiger partial charge is 0.500 e. The van der Waals surface area contributed by atoms with Gasteiger partial charge in [-0.2, -0.15) is 0 Å². The lowest BCUT2D eigenvalue weighted by Crippen LogP contribution is -2.46.